The number of benzene rings is 1. The summed E-state index contributed by atoms with van der Waals surface area (Å²) in [5.74, 6) is 0.110. The van der Waals surface area contributed by atoms with E-state index in [1.807, 2.05) is 13.8 Å². The smallest absolute Gasteiger partial charge is 0.240 e. The molecule has 0 saturated heterocycles. The van der Waals surface area contributed by atoms with Crippen LogP contribution in [0, 0.1) is 12.8 Å². The molecule has 0 heterocycles. The van der Waals surface area contributed by atoms with E-state index in [1.165, 1.54) is 0 Å². The Labute approximate surface area is 117 Å². The Hall–Kier alpha value is -0.430. The fourth-order valence-electron chi connectivity index (χ4n) is 1.40. The number of halogens is 1. The van der Waals surface area contributed by atoms with E-state index in [-0.39, 0.29) is 17.4 Å². The largest absolute Gasteiger partial charge is 0.396 e. The minimum atomic E-state index is -3.47. The van der Waals surface area contributed by atoms with E-state index in [0.717, 1.165) is 10.0 Å². The van der Waals surface area contributed by atoms with Crippen LogP contribution in [-0.2, 0) is 10.0 Å². The summed E-state index contributed by atoms with van der Waals surface area (Å²) in [4.78, 5) is 0.246. The van der Waals surface area contributed by atoms with Gasteiger partial charge in [-0.2, -0.15) is 0 Å². The maximum Gasteiger partial charge on any atom is 0.240 e. The number of hydrogen-bond donors (Lipinski definition) is 2. The summed E-state index contributed by atoms with van der Waals surface area (Å²) in [7, 11) is -3.47. The molecule has 0 fully saturated rings. The monoisotopic (exact) mass is 335 g/mol. The number of hydrogen-bond acceptors (Lipinski definition) is 3. The first-order valence-corrected chi connectivity index (χ1v) is 8.01. The van der Waals surface area contributed by atoms with E-state index in [1.54, 1.807) is 18.2 Å². The van der Waals surface area contributed by atoms with Gasteiger partial charge in [-0.05, 0) is 37.0 Å². The van der Waals surface area contributed by atoms with Crippen LogP contribution >= 0.6 is 15.9 Å². The third-order valence-corrected chi connectivity index (χ3v) is 4.97. The zero-order valence-corrected chi connectivity index (χ0v) is 12.9. The van der Waals surface area contributed by atoms with Crippen molar-refractivity contribution in [3.05, 3.63) is 28.2 Å². The van der Waals surface area contributed by atoms with Crippen molar-refractivity contribution in [1.29, 1.82) is 0 Å². The SMILES string of the molecule is Cc1ccc(S(=O)(=O)NCC(C)CCO)cc1Br. The van der Waals surface area contributed by atoms with Crippen LogP contribution in [0.1, 0.15) is 18.9 Å². The number of aliphatic hydroxyl groups is 1. The van der Waals surface area contributed by atoms with Crippen molar-refractivity contribution in [2.45, 2.75) is 25.2 Å². The molecule has 1 atom stereocenters. The van der Waals surface area contributed by atoms with Crippen molar-refractivity contribution in [2.24, 2.45) is 5.92 Å². The topological polar surface area (TPSA) is 66.4 Å². The molecule has 1 aromatic carbocycles. The standard InChI is InChI=1S/C12H18BrNO3S/c1-9(5-6-15)8-14-18(16,17)11-4-3-10(2)12(13)7-11/h3-4,7,9,14-15H,5-6,8H2,1-2H3. The van der Waals surface area contributed by atoms with E-state index in [2.05, 4.69) is 20.7 Å². The van der Waals surface area contributed by atoms with Gasteiger partial charge in [-0.1, -0.05) is 28.9 Å². The average molecular weight is 336 g/mol. The zero-order chi connectivity index (χ0) is 13.8. The summed E-state index contributed by atoms with van der Waals surface area (Å²) < 4.78 is 27.3. The highest BCUT2D eigenvalue weighted by molar-refractivity contribution is 9.10. The Morgan fingerprint density at radius 2 is 2.11 bits per heavy atom. The molecule has 0 bridgehead atoms. The molecular weight excluding hydrogens is 318 g/mol. The lowest BCUT2D eigenvalue weighted by atomic mass is 10.1. The van der Waals surface area contributed by atoms with Crippen molar-refractivity contribution in [3.63, 3.8) is 0 Å². The van der Waals surface area contributed by atoms with Crippen molar-refractivity contribution >= 4 is 26.0 Å². The summed E-state index contributed by atoms with van der Waals surface area (Å²) in [6.45, 7) is 4.19. The highest BCUT2D eigenvalue weighted by atomic mass is 79.9. The molecule has 0 aromatic heterocycles. The second-order valence-corrected chi connectivity index (χ2v) is 7.00. The first-order chi connectivity index (χ1) is 8.36. The third-order valence-electron chi connectivity index (χ3n) is 2.70. The van der Waals surface area contributed by atoms with Crippen LogP contribution in [-0.4, -0.2) is 26.7 Å². The number of aliphatic hydroxyl groups excluding tert-OH is 1. The van der Waals surface area contributed by atoms with Gasteiger partial charge in [0.25, 0.3) is 0 Å². The molecule has 1 unspecified atom stereocenters. The van der Waals surface area contributed by atoms with Crippen LogP contribution in [0.3, 0.4) is 0 Å². The van der Waals surface area contributed by atoms with Gasteiger partial charge >= 0.3 is 0 Å². The Kier molecular flexibility index (Phi) is 5.78. The van der Waals surface area contributed by atoms with Gasteiger partial charge < -0.3 is 5.11 Å². The second-order valence-electron chi connectivity index (χ2n) is 4.38. The highest BCUT2D eigenvalue weighted by Crippen LogP contribution is 2.20. The number of aryl methyl sites for hydroxylation is 1. The van der Waals surface area contributed by atoms with Gasteiger partial charge in [0.2, 0.25) is 10.0 Å². The molecule has 4 nitrogen and oxygen atoms in total. The highest BCUT2D eigenvalue weighted by Gasteiger charge is 2.15. The summed E-state index contributed by atoms with van der Waals surface area (Å²) in [6.07, 6.45) is 0.583. The summed E-state index contributed by atoms with van der Waals surface area (Å²) in [6, 6.07) is 4.93. The third kappa shape index (κ3) is 4.35. The van der Waals surface area contributed by atoms with Crippen molar-refractivity contribution in [3.8, 4) is 0 Å². The van der Waals surface area contributed by atoms with Gasteiger partial charge in [0.15, 0.2) is 0 Å². The molecule has 0 aliphatic heterocycles. The van der Waals surface area contributed by atoms with Gasteiger partial charge in [0.1, 0.15) is 0 Å². The lowest BCUT2D eigenvalue weighted by Crippen LogP contribution is -2.28. The van der Waals surface area contributed by atoms with E-state index in [4.69, 9.17) is 5.11 Å². The fraction of sp³-hybridized carbons (Fsp3) is 0.500. The minimum Gasteiger partial charge on any atom is -0.396 e. The van der Waals surface area contributed by atoms with Crippen molar-refractivity contribution < 1.29 is 13.5 Å². The lowest BCUT2D eigenvalue weighted by Gasteiger charge is -2.12. The Bertz CT molecular complexity index is 502. The number of nitrogens with one attached hydrogen (secondary N) is 1. The van der Waals surface area contributed by atoms with E-state index in [9.17, 15) is 8.42 Å². The molecule has 6 heteroatoms. The molecule has 0 saturated carbocycles. The lowest BCUT2D eigenvalue weighted by molar-refractivity contribution is 0.263. The summed E-state index contributed by atoms with van der Waals surface area (Å²) >= 11 is 3.32. The van der Waals surface area contributed by atoms with Crippen LogP contribution in [0.2, 0.25) is 0 Å². The molecule has 102 valence electrons. The normalized spacial score (nSPS) is 13.6. The van der Waals surface area contributed by atoms with Crippen molar-refractivity contribution in [1.82, 2.24) is 4.72 Å². The maximum absolute atomic E-state index is 12.0. The predicted octanol–water partition coefficient (Wildman–Crippen LogP) is 2.05. The van der Waals surface area contributed by atoms with E-state index >= 15 is 0 Å². The van der Waals surface area contributed by atoms with Gasteiger partial charge in [-0.15, -0.1) is 0 Å². The van der Waals surface area contributed by atoms with Crippen LogP contribution in [0.25, 0.3) is 0 Å². The van der Waals surface area contributed by atoms with E-state index in [0.29, 0.717) is 13.0 Å². The molecule has 0 spiro atoms. The van der Waals surface area contributed by atoms with Gasteiger partial charge in [0, 0.05) is 17.6 Å². The van der Waals surface area contributed by atoms with Crippen LogP contribution < -0.4 is 4.72 Å². The molecular formula is C12H18BrNO3S. The quantitative estimate of drug-likeness (QED) is 0.836. The maximum atomic E-state index is 12.0. The van der Waals surface area contributed by atoms with Crippen molar-refractivity contribution in [2.75, 3.05) is 13.2 Å². The Morgan fingerprint density at radius 3 is 2.67 bits per heavy atom. The first-order valence-electron chi connectivity index (χ1n) is 5.73. The number of rotatable bonds is 6. The van der Waals surface area contributed by atoms with Gasteiger partial charge in [0.05, 0.1) is 4.90 Å². The second kappa shape index (κ2) is 6.65. The molecule has 2 N–H and O–H groups in total. The molecule has 0 aliphatic rings. The minimum absolute atomic E-state index is 0.0684. The van der Waals surface area contributed by atoms with Gasteiger partial charge in [-0.25, -0.2) is 13.1 Å². The molecule has 0 amide bonds. The van der Waals surface area contributed by atoms with Crippen LogP contribution in [0.5, 0.6) is 0 Å². The van der Waals surface area contributed by atoms with Crippen LogP contribution in [0.4, 0.5) is 0 Å². The first kappa shape index (κ1) is 15.6. The molecule has 1 aromatic rings. The van der Waals surface area contributed by atoms with E-state index < -0.39 is 10.0 Å². The fourth-order valence-corrected chi connectivity index (χ4v) is 3.12. The number of sulfonamides is 1. The van der Waals surface area contributed by atoms with Crippen LogP contribution in [0.15, 0.2) is 27.6 Å². The van der Waals surface area contributed by atoms with Gasteiger partial charge in [-0.3, -0.25) is 0 Å². The molecule has 1 rings (SSSR count). The average Bonchev–Trinajstić information content (AvgIpc) is 2.30. The summed E-state index contributed by atoms with van der Waals surface area (Å²) in [5, 5.41) is 8.77. The molecule has 18 heavy (non-hydrogen) atoms. The summed E-state index contributed by atoms with van der Waals surface area (Å²) in [5.41, 5.74) is 0.989. The molecule has 0 radical (unpaired) electrons. The Morgan fingerprint density at radius 1 is 1.44 bits per heavy atom. The Balaban J connectivity index is 2.77. The molecule has 0 aliphatic carbocycles. The zero-order valence-electron chi connectivity index (χ0n) is 10.5. The predicted molar refractivity (Wildman–Crippen MR) is 74.9 cm³/mol.